The molecule has 0 fully saturated rings. The van der Waals surface area contributed by atoms with Gasteiger partial charge >= 0.3 is 0 Å². The second-order valence-corrected chi connectivity index (χ2v) is 16.5. The van der Waals surface area contributed by atoms with Crippen molar-refractivity contribution in [1.82, 2.24) is 4.57 Å². The van der Waals surface area contributed by atoms with E-state index in [1.807, 2.05) is 0 Å². The molecule has 11 aromatic carbocycles. The summed E-state index contributed by atoms with van der Waals surface area (Å²) in [6.07, 6.45) is 0. The van der Waals surface area contributed by atoms with E-state index in [9.17, 15) is 0 Å². The number of para-hydroxylation sites is 1. The second-order valence-electron chi connectivity index (χ2n) is 16.5. The minimum atomic E-state index is 1.09. The maximum absolute atomic E-state index is 2.41. The van der Waals surface area contributed by atoms with Crippen molar-refractivity contribution >= 4 is 60.4 Å². The third-order valence-corrected chi connectivity index (χ3v) is 12.8. The Hall–Kier alpha value is -8.46. The lowest BCUT2D eigenvalue weighted by Crippen LogP contribution is -2.10. The predicted octanol–water partition coefficient (Wildman–Crippen LogP) is 17.2. The van der Waals surface area contributed by atoms with Crippen molar-refractivity contribution < 1.29 is 0 Å². The Morgan fingerprint density at radius 3 is 1.53 bits per heavy atom. The van der Waals surface area contributed by atoms with Crippen LogP contribution in [0.25, 0.3) is 93.5 Å². The molecule has 300 valence electrons. The molecule has 12 aromatic rings. The number of nitrogens with zero attached hydrogens (tertiary/aromatic N) is 2. The van der Waals surface area contributed by atoms with Crippen LogP contribution in [0, 0.1) is 0 Å². The van der Waals surface area contributed by atoms with Crippen LogP contribution in [0.15, 0.2) is 255 Å². The van der Waals surface area contributed by atoms with Gasteiger partial charge in [-0.05, 0) is 133 Å². The van der Waals surface area contributed by atoms with E-state index in [0.717, 1.165) is 28.3 Å². The van der Waals surface area contributed by atoms with E-state index in [2.05, 4.69) is 264 Å². The van der Waals surface area contributed by atoms with Gasteiger partial charge in [-0.25, -0.2) is 0 Å². The van der Waals surface area contributed by atoms with E-state index in [1.165, 1.54) is 82.3 Å². The van der Waals surface area contributed by atoms with Crippen molar-refractivity contribution in [2.45, 2.75) is 0 Å². The standard InChI is InChI=1S/C62H42N2/c1-4-14-43(15-5-1)45-26-28-46(29-27-45)47-32-35-53(36-33-47)63(55-37-38-57-51(41-55)31-30-48-18-10-11-23-56(48)57)54-22-12-19-50(40-54)58-24-13-25-61-62(58)59-42-49(44-16-6-2-7-17-44)34-39-60(59)64(61)52-20-8-3-9-21-52/h1-42H. The highest BCUT2D eigenvalue weighted by Gasteiger charge is 2.20. The minimum Gasteiger partial charge on any atom is -0.310 e. The molecule has 0 amide bonds. The molecule has 0 atom stereocenters. The van der Waals surface area contributed by atoms with E-state index >= 15 is 0 Å². The van der Waals surface area contributed by atoms with Gasteiger partial charge < -0.3 is 9.47 Å². The van der Waals surface area contributed by atoms with Crippen molar-refractivity contribution in [2.24, 2.45) is 0 Å². The van der Waals surface area contributed by atoms with Gasteiger partial charge in [0.2, 0.25) is 0 Å². The molecule has 1 aromatic heterocycles. The normalized spacial score (nSPS) is 11.4. The van der Waals surface area contributed by atoms with Crippen LogP contribution in [0.2, 0.25) is 0 Å². The molecule has 0 aliphatic carbocycles. The summed E-state index contributed by atoms with van der Waals surface area (Å²) >= 11 is 0. The zero-order chi connectivity index (χ0) is 42.4. The molecule has 0 aliphatic heterocycles. The molecule has 0 unspecified atom stereocenters. The third kappa shape index (κ3) is 6.61. The van der Waals surface area contributed by atoms with E-state index in [1.54, 1.807) is 0 Å². The Kier molecular flexibility index (Phi) is 9.20. The molecule has 0 saturated carbocycles. The lowest BCUT2D eigenvalue weighted by Gasteiger charge is -2.27. The number of anilines is 3. The zero-order valence-corrected chi connectivity index (χ0v) is 35.1. The van der Waals surface area contributed by atoms with Gasteiger partial charge in [-0.15, -0.1) is 0 Å². The molecule has 2 heteroatoms. The van der Waals surface area contributed by atoms with Gasteiger partial charge in [0, 0.05) is 33.5 Å². The SMILES string of the molecule is c1ccc(-c2ccc(-c3ccc(N(c4cccc(-c5cccc6c5c5cc(-c7ccccc7)ccc5n6-c5ccccc5)c4)c4ccc5c(ccc6ccccc65)c4)cc3)cc2)cc1. The summed E-state index contributed by atoms with van der Waals surface area (Å²) in [5.74, 6) is 0. The van der Waals surface area contributed by atoms with Gasteiger partial charge in [0.1, 0.15) is 0 Å². The summed E-state index contributed by atoms with van der Waals surface area (Å²) in [5, 5.41) is 7.44. The molecule has 64 heavy (non-hydrogen) atoms. The molecular weight excluding hydrogens is 773 g/mol. The summed E-state index contributed by atoms with van der Waals surface area (Å²) in [7, 11) is 0. The molecule has 0 aliphatic rings. The first-order valence-electron chi connectivity index (χ1n) is 22.0. The Morgan fingerprint density at radius 1 is 0.266 bits per heavy atom. The maximum Gasteiger partial charge on any atom is 0.0547 e. The molecule has 0 N–H and O–H groups in total. The molecule has 0 spiro atoms. The number of hydrogen-bond acceptors (Lipinski definition) is 1. The van der Waals surface area contributed by atoms with Crippen molar-refractivity contribution in [3.63, 3.8) is 0 Å². The van der Waals surface area contributed by atoms with Crippen molar-refractivity contribution in [3.8, 4) is 50.2 Å². The van der Waals surface area contributed by atoms with Crippen LogP contribution in [0.3, 0.4) is 0 Å². The number of rotatable bonds is 8. The summed E-state index contributed by atoms with van der Waals surface area (Å²) < 4.78 is 2.41. The number of benzene rings is 11. The van der Waals surface area contributed by atoms with E-state index in [-0.39, 0.29) is 0 Å². The Bertz CT molecular complexity index is 3630. The number of fused-ring (bicyclic) bond motifs is 6. The number of aromatic nitrogens is 1. The highest BCUT2D eigenvalue weighted by Crippen LogP contribution is 2.43. The van der Waals surface area contributed by atoms with Crippen molar-refractivity contribution in [1.29, 1.82) is 0 Å². The highest BCUT2D eigenvalue weighted by molar-refractivity contribution is 6.17. The largest absolute Gasteiger partial charge is 0.310 e. The molecule has 12 rings (SSSR count). The summed E-state index contributed by atoms with van der Waals surface area (Å²) in [6.45, 7) is 0. The van der Waals surface area contributed by atoms with Gasteiger partial charge in [-0.2, -0.15) is 0 Å². The van der Waals surface area contributed by atoms with Crippen molar-refractivity contribution in [2.75, 3.05) is 4.90 Å². The average molecular weight is 815 g/mol. The van der Waals surface area contributed by atoms with Gasteiger partial charge in [-0.1, -0.05) is 188 Å². The average Bonchev–Trinajstić information content (AvgIpc) is 3.71. The molecule has 2 nitrogen and oxygen atoms in total. The molecule has 1 heterocycles. The maximum atomic E-state index is 2.41. The van der Waals surface area contributed by atoms with E-state index in [0.29, 0.717) is 0 Å². The Balaban J connectivity index is 1.01. The summed E-state index contributed by atoms with van der Waals surface area (Å²) in [5.41, 5.74) is 16.4. The number of hydrogen-bond donors (Lipinski definition) is 0. The summed E-state index contributed by atoms with van der Waals surface area (Å²) in [4.78, 5) is 2.40. The van der Waals surface area contributed by atoms with E-state index < -0.39 is 0 Å². The fourth-order valence-corrected chi connectivity index (χ4v) is 9.66. The first kappa shape index (κ1) is 37.3. The Morgan fingerprint density at radius 2 is 0.797 bits per heavy atom. The second kappa shape index (κ2) is 15.8. The monoisotopic (exact) mass is 814 g/mol. The van der Waals surface area contributed by atoms with Crippen LogP contribution in [-0.2, 0) is 0 Å². The van der Waals surface area contributed by atoms with E-state index in [4.69, 9.17) is 0 Å². The van der Waals surface area contributed by atoms with Crippen LogP contribution >= 0.6 is 0 Å². The molecule has 0 bridgehead atoms. The molecular formula is C62H42N2. The lowest BCUT2D eigenvalue weighted by molar-refractivity contribution is 1.18. The third-order valence-electron chi connectivity index (χ3n) is 12.8. The van der Waals surface area contributed by atoms with Gasteiger partial charge in [0.05, 0.1) is 11.0 Å². The van der Waals surface area contributed by atoms with Crippen LogP contribution in [0.1, 0.15) is 0 Å². The topological polar surface area (TPSA) is 8.17 Å². The minimum absolute atomic E-state index is 1.09. The molecule has 0 saturated heterocycles. The van der Waals surface area contributed by atoms with Gasteiger partial charge in [0.15, 0.2) is 0 Å². The smallest absolute Gasteiger partial charge is 0.0547 e. The molecule has 0 radical (unpaired) electrons. The quantitative estimate of drug-likeness (QED) is 0.139. The van der Waals surface area contributed by atoms with Crippen LogP contribution in [0.4, 0.5) is 17.1 Å². The predicted molar refractivity (Wildman–Crippen MR) is 272 cm³/mol. The van der Waals surface area contributed by atoms with Crippen molar-refractivity contribution in [3.05, 3.63) is 255 Å². The fraction of sp³-hybridized carbons (Fsp3) is 0. The van der Waals surface area contributed by atoms with Gasteiger partial charge in [0.25, 0.3) is 0 Å². The van der Waals surface area contributed by atoms with Crippen LogP contribution in [0.5, 0.6) is 0 Å². The zero-order valence-electron chi connectivity index (χ0n) is 35.1. The Labute approximate surface area is 373 Å². The lowest BCUT2D eigenvalue weighted by atomic mass is 9.96. The fourth-order valence-electron chi connectivity index (χ4n) is 9.66. The van der Waals surface area contributed by atoms with Crippen LogP contribution < -0.4 is 4.90 Å². The first-order valence-corrected chi connectivity index (χ1v) is 22.0. The first-order chi connectivity index (χ1) is 31.7. The van der Waals surface area contributed by atoms with Gasteiger partial charge in [-0.3, -0.25) is 0 Å². The summed E-state index contributed by atoms with van der Waals surface area (Å²) in [6, 6.07) is 92.7. The van der Waals surface area contributed by atoms with Crippen LogP contribution in [-0.4, -0.2) is 4.57 Å². The highest BCUT2D eigenvalue weighted by atomic mass is 15.1.